The van der Waals surface area contributed by atoms with Crippen LogP contribution in [0.25, 0.3) is 0 Å². The maximum atomic E-state index is 12.6. The number of hydrogen-bond acceptors (Lipinski definition) is 6. The van der Waals surface area contributed by atoms with E-state index in [2.05, 4.69) is 12.1 Å². The van der Waals surface area contributed by atoms with E-state index in [4.69, 9.17) is 14.4 Å². The molecule has 1 N–H and O–H groups in total. The quantitative estimate of drug-likeness (QED) is 0.492. The van der Waals surface area contributed by atoms with Gasteiger partial charge in [0.25, 0.3) is 5.91 Å². The number of hydrogen-bond donors (Lipinski definition) is 1. The first-order chi connectivity index (χ1) is 14.1. The summed E-state index contributed by atoms with van der Waals surface area (Å²) in [5.74, 6) is -0.300. The summed E-state index contributed by atoms with van der Waals surface area (Å²) in [6.07, 6.45) is 3.07. The Morgan fingerprint density at radius 1 is 1.30 bits per heavy atom. The molecule has 0 aromatic heterocycles. The Morgan fingerprint density at radius 3 is 2.63 bits per heavy atom. The first kappa shape index (κ1) is 22.1. The average Bonchev–Trinajstić information content (AvgIpc) is 2.84. The zero-order chi connectivity index (χ0) is 22.1. The summed E-state index contributed by atoms with van der Waals surface area (Å²) in [5.41, 5.74) is 2.67. The van der Waals surface area contributed by atoms with Crippen LogP contribution in [0.5, 0.6) is 0 Å². The number of amides is 4. The lowest BCUT2D eigenvalue weighted by Gasteiger charge is -2.39. The van der Waals surface area contributed by atoms with Gasteiger partial charge in [0.2, 0.25) is 0 Å². The molecule has 3 rings (SSSR count). The molecular weight excluding hydrogens is 392 g/mol. The molecule has 3 heterocycles. The maximum Gasteiger partial charge on any atom is 0.410 e. The molecule has 10 heteroatoms. The average molecular weight is 422 g/mol. The van der Waals surface area contributed by atoms with Crippen molar-refractivity contribution in [3.63, 3.8) is 0 Å². The number of nitrogens with one attached hydrogen (secondary N) is 1. The number of hydroxylamine groups is 3. The van der Waals surface area contributed by atoms with Crippen LogP contribution in [-0.4, -0.2) is 83.4 Å². The molecule has 4 amide bonds. The Morgan fingerprint density at radius 2 is 2.00 bits per heavy atom. The van der Waals surface area contributed by atoms with Gasteiger partial charge in [-0.15, -0.1) is 6.58 Å². The zero-order valence-corrected chi connectivity index (χ0v) is 17.9. The number of fused-ring (bicyclic) bond motifs is 2. The number of ether oxygens (including phenoxy) is 1. The number of urea groups is 1. The van der Waals surface area contributed by atoms with Crippen molar-refractivity contribution < 1.29 is 28.8 Å². The van der Waals surface area contributed by atoms with Crippen molar-refractivity contribution in [3.05, 3.63) is 24.3 Å². The molecular formula is C20H30N4O6. The fourth-order valence-electron chi connectivity index (χ4n) is 3.67. The fraction of sp³-hybridized carbons (Fsp3) is 0.650. The molecule has 3 aliphatic rings. The second kappa shape index (κ2) is 8.65. The van der Waals surface area contributed by atoms with Gasteiger partial charge in [0, 0.05) is 19.0 Å². The molecule has 166 valence electrons. The van der Waals surface area contributed by atoms with E-state index in [-0.39, 0.29) is 37.3 Å². The highest BCUT2D eigenvalue weighted by Crippen LogP contribution is 2.29. The van der Waals surface area contributed by atoms with E-state index in [0.29, 0.717) is 19.6 Å². The summed E-state index contributed by atoms with van der Waals surface area (Å²) < 4.78 is 5.31. The highest BCUT2D eigenvalue weighted by molar-refractivity contribution is 5.91. The Kier molecular flexibility index (Phi) is 6.37. The molecule has 0 aliphatic carbocycles. The molecule has 2 bridgehead atoms. The third kappa shape index (κ3) is 4.76. The second-order valence-electron chi connectivity index (χ2n) is 8.75. The van der Waals surface area contributed by atoms with E-state index in [1.54, 1.807) is 17.9 Å². The lowest BCUT2D eigenvalue weighted by Crippen LogP contribution is -2.54. The number of likely N-dealkylation sites (tertiary alicyclic amines) is 1. The Hall–Kier alpha value is -2.59. The minimum Gasteiger partial charge on any atom is -0.444 e. The molecule has 10 nitrogen and oxygen atoms in total. The van der Waals surface area contributed by atoms with Gasteiger partial charge in [0.05, 0.1) is 25.8 Å². The molecule has 3 aliphatic heterocycles. The highest BCUT2D eigenvalue weighted by Gasteiger charge is 2.47. The van der Waals surface area contributed by atoms with Crippen LogP contribution in [-0.2, 0) is 19.2 Å². The van der Waals surface area contributed by atoms with E-state index in [1.807, 2.05) is 26.8 Å². The van der Waals surface area contributed by atoms with Gasteiger partial charge in [-0.05, 0) is 33.3 Å². The summed E-state index contributed by atoms with van der Waals surface area (Å²) in [6, 6.07) is -1.33. The standard InChI is InChI=1S/C20H30N4O6/c1-6-7-29-24-15-8-13(2)16(23(11-15)18(24)26)17(25)21-28-12-14-9-22(10-14)19(27)30-20(3,4)5/h6,8,14-16H,1,7,9-12H2,2-5H3,(H,21,25)/t15-,16+/m1/s1. The van der Waals surface area contributed by atoms with E-state index < -0.39 is 17.6 Å². The Labute approximate surface area is 176 Å². The summed E-state index contributed by atoms with van der Waals surface area (Å²) in [7, 11) is 0. The Bertz CT molecular complexity index is 740. The first-order valence-corrected chi connectivity index (χ1v) is 10.0. The van der Waals surface area contributed by atoms with Gasteiger partial charge < -0.3 is 14.5 Å². The zero-order valence-electron chi connectivity index (χ0n) is 17.9. The summed E-state index contributed by atoms with van der Waals surface area (Å²) >= 11 is 0. The third-order valence-corrected chi connectivity index (χ3v) is 5.00. The number of rotatable bonds is 7. The summed E-state index contributed by atoms with van der Waals surface area (Å²) in [5, 5.41) is 1.28. The van der Waals surface area contributed by atoms with Gasteiger partial charge in [-0.2, -0.15) is 5.06 Å². The molecule has 0 aromatic carbocycles. The van der Waals surface area contributed by atoms with Crippen molar-refractivity contribution in [2.75, 3.05) is 32.8 Å². The van der Waals surface area contributed by atoms with Crippen molar-refractivity contribution >= 4 is 18.0 Å². The van der Waals surface area contributed by atoms with E-state index >= 15 is 0 Å². The maximum absolute atomic E-state index is 12.6. The number of carbonyl (C=O) groups is 3. The van der Waals surface area contributed by atoms with Gasteiger partial charge in [-0.1, -0.05) is 12.2 Å². The predicted molar refractivity (Wildman–Crippen MR) is 107 cm³/mol. The second-order valence-corrected chi connectivity index (χ2v) is 8.75. The van der Waals surface area contributed by atoms with Crippen LogP contribution >= 0.6 is 0 Å². The smallest absolute Gasteiger partial charge is 0.410 e. The van der Waals surface area contributed by atoms with Crippen LogP contribution in [0, 0.1) is 5.92 Å². The monoisotopic (exact) mass is 422 g/mol. The van der Waals surface area contributed by atoms with Crippen molar-refractivity contribution in [1.29, 1.82) is 0 Å². The van der Waals surface area contributed by atoms with Crippen molar-refractivity contribution in [2.24, 2.45) is 5.92 Å². The van der Waals surface area contributed by atoms with Crippen LogP contribution in [0.2, 0.25) is 0 Å². The lowest BCUT2D eigenvalue weighted by atomic mass is 10.0. The van der Waals surface area contributed by atoms with Gasteiger partial charge >= 0.3 is 12.1 Å². The molecule has 30 heavy (non-hydrogen) atoms. The first-order valence-electron chi connectivity index (χ1n) is 10.0. The molecule has 0 spiro atoms. The van der Waals surface area contributed by atoms with Crippen LogP contribution in [0.4, 0.5) is 9.59 Å². The van der Waals surface area contributed by atoms with Crippen LogP contribution in [0.3, 0.4) is 0 Å². The SMILES string of the molecule is C=CCON1C(=O)N2C[C@H]1C=C(C)[C@H]2C(=O)NOCC1CN(C(=O)OC(C)(C)C)C1. The predicted octanol–water partition coefficient (Wildman–Crippen LogP) is 1.45. The van der Waals surface area contributed by atoms with Gasteiger partial charge in [-0.25, -0.2) is 15.1 Å². The minimum absolute atomic E-state index is 0.112. The minimum atomic E-state index is -0.745. The normalized spacial score (nSPS) is 23.8. The van der Waals surface area contributed by atoms with Crippen LogP contribution in [0.15, 0.2) is 24.3 Å². The van der Waals surface area contributed by atoms with E-state index in [9.17, 15) is 14.4 Å². The number of carbonyl (C=O) groups excluding carboxylic acids is 3. The molecule has 2 atom stereocenters. The van der Waals surface area contributed by atoms with Crippen molar-refractivity contribution in [3.8, 4) is 0 Å². The third-order valence-electron chi connectivity index (χ3n) is 5.00. The van der Waals surface area contributed by atoms with Crippen LogP contribution < -0.4 is 5.48 Å². The van der Waals surface area contributed by atoms with Crippen molar-refractivity contribution in [2.45, 2.75) is 45.4 Å². The van der Waals surface area contributed by atoms with Gasteiger partial charge in [0.15, 0.2) is 0 Å². The molecule has 0 aromatic rings. The Balaban J connectivity index is 1.44. The summed E-state index contributed by atoms with van der Waals surface area (Å²) in [6.45, 7) is 12.7. The molecule has 0 saturated carbocycles. The molecule has 0 unspecified atom stereocenters. The fourth-order valence-corrected chi connectivity index (χ4v) is 3.67. The van der Waals surface area contributed by atoms with E-state index in [1.165, 1.54) is 9.96 Å². The molecule has 0 radical (unpaired) electrons. The lowest BCUT2D eigenvalue weighted by molar-refractivity contribution is -0.139. The molecule has 2 saturated heterocycles. The number of nitrogens with zero attached hydrogens (tertiary/aromatic N) is 3. The topological polar surface area (TPSA) is 101 Å². The highest BCUT2D eigenvalue weighted by atomic mass is 16.7. The van der Waals surface area contributed by atoms with Crippen LogP contribution in [0.1, 0.15) is 27.7 Å². The molecule has 2 fully saturated rings. The van der Waals surface area contributed by atoms with Gasteiger partial charge in [-0.3, -0.25) is 14.5 Å². The van der Waals surface area contributed by atoms with Gasteiger partial charge in [0.1, 0.15) is 11.6 Å². The summed E-state index contributed by atoms with van der Waals surface area (Å²) in [4.78, 5) is 51.0. The van der Waals surface area contributed by atoms with E-state index in [0.717, 1.165) is 5.57 Å². The largest absolute Gasteiger partial charge is 0.444 e. The van der Waals surface area contributed by atoms with Crippen molar-refractivity contribution in [1.82, 2.24) is 20.3 Å².